The number of thioether (sulfide) groups is 1. The molecule has 9 heteroatoms. The third-order valence-corrected chi connectivity index (χ3v) is 5.51. The molecule has 3 aromatic rings. The monoisotopic (exact) mass is 382 g/mol. The van der Waals surface area contributed by atoms with E-state index in [9.17, 15) is 19.7 Å². The van der Waals surface area contributed by atoms with Crippen molar-refractivity contribution in [2.24, 2.45) is 0 Å². The molecule has 27 heavy (non-hydrogen) atoms. The van der Waals surface area contributed by atoms with E-state index >= 15 is 0 Å². The number of benzene rings is 2. The van der Waals surface area contributed by atoms with Gasteiger partial charge in [-0.25, -0.2) is 5.01 Å². The number of nitrogens with one attached hydrogen (secondary N) is 2. The van der Waals surface area contributed by atoms with Gasteiger partial charge in [-0.05, 0) is 18.2 Å². The number of non-ortho nitro benzene ring substituents is 1. The lowest BCUT2D eigenvalue weighted by Crippen LogP contribution is -2.44. The van der Waals surface area contributed by atoms with Crippen LogP contribution in [0.1, 0.15) is 21.3 Å². The van der Waals surface area contributed by atoms with Crippen LogP contribution in [-0.4, -0.2) is 32.5 Å². The number of nitro groups is 1. The Hall–Kier alpha value is -3.33. The Bertz CT molecular complexity index is 1050. The third-order valence-electron chi connectivity index (χ3n) is 4.32. The fraction of sp³-hybridized carbons (Fsp3) is 0.111. The highest BCUT2D eigenvalue weighted by atomic mass is 32.2. The molecule has 2 amide bonds. The number of hydrogen-bond donors (Lipinski definition) is 2. The largest absolute Gasteiger partial charge is 0.361 e. The van der Waals surface area contributed by atoms with E-state index in [1.807, 2.05) is 30.5 Å². The van der Waals surface area contributed by atoms with E-state index in [0.717, 1.165) is 16.5 Å². The van der Waals surface area contributed by atoms with Crippen molar-refractivity contribution in [2.45, 2.75) is 5.37 Å². The van der Waals surface area contributed by atoms with Crippen LogP contribution in [0.5, 0.6) is 0 Å². The Kier molecular flexibility index (Phi) is 4.28. The molecule has 1 atom stereocenters. The molecule has 0 radical (unpaired) electrons. The van der Waals surface area contributed by atoms with Gasteiger partial charge in [-0.3, -0.25) is 25.1 Å². The van der Waals surface area contributed by atoms with Gasteiger partial charge < -0.3 is 4.98 Å². The van der Waals surface area contributed by atoms with Gasteiger partial charge in [0.05, 0.1) is 10.7 Å². The number of rotatable bonds is 4. The Labute approximate surface area is 157 Å². The summed E-state index contributed by atoms with van der Waals surface area (Å²) in [5, 5.41) is 12.7. The number of hydrogen-bond acceptors (Lipinski definition) is 5. The summed E-state index contributed by atoms with van der Waals surface area (Å²) in [5.41, 5.74) is 4.64. The lowest BCUT2D eigenvalue weighted by atomic mass is 10.1. The summed E-state index contributed by atoms with van der Waals surface area (Å²) in [5.74, 6) is -0.443. The highest BCUT2D eigenvalue weighted by Crippen LogP contribution is 2.40. The molecule has 2 N–H and O–H groups in total. The summed E-state index contributed by atoms with van der Waals surface area (Å²) in [7, 11) is 0. The molecule has 1 aliphatic heterocycles. The lowest BCUT2D eigenvalue weighted by Gasteiger charge is -2.24. The SMILES string of the molecule is O=C(NN1C(=O)CS[C@@H]1c1c[nH]c2ccccc12)c1ccc([N+](=O)[O-])cc1. The van der Waals surface area contributed by atoms with Gasteiger partial charge in [-0.2, -0.15) is 0 Å². The molecule has 0 aliphatic carbocycles. The summed E-state index contributed by atoms with van der Waals surface area (Å²) in [6, 6.07) is 13.0. The first-order chi connectivity index (χ1) is 13.0. The van der Waals surface area contributed by atoms with Crippen LogP contribution in [-0.2, 0) is 4.79 Å². The fourth-order valence-electron chi connectivity index (χ4n) is 2.98. The van der Waals surface area contributed by atoms with Crippen molar-refractivity contribution in [3.8, 4) is 0 Å². The van der Waals surface area contributed by atoms with Crippen LogP contribution >= 0.6 is 11.8 Å². The van der Waals surface area contributed by atoms with Crippen molar-refractivity contribution >= 4 is 40.2 Å². The van der Waals surface area contributed by atoms with E-state index in [-0.39, 0.29) is 28.3 Å². The molecule has 1 aromatic heterocycles. The minimum absolute atomic E-state index is 0.101. The van der Waals surface area contributed by atoms with Gasteiger partial charge in [-0.15, -0.1) is 11.8 Å². The first kappa shape index (κ1) is 17.1. The van der Waals surface area contributed by atoms with Crippen molar-refractivity contribution in [1.29, 1.82) is 0 Å². The maximum Gasteiger partial charge on any atom is 0.269 e. The number of H-pyrrole nitrogens is 1. The fourth-order valence-corrected chi connectivity index (χ4v) is 4.12. The van der Waals surface area contributed by atoms with E-state index in [1.54, 1.807) is 0 Å². The lowest BCUT2D eigenvalue weighted by molar-refractivity contribution is -0.384. The molecule has 136 valence electrons. The zero-order valence-corrected chi connectivity index (χ0v) is 14.7. The molecular weight excluding hydrogens is 368 g/mol. The van der Waals surface area contributed by atoms with Crippen molar-refractivity contribution < 1.29 is 14.5 Å². The topological polar surface area (TPSA) is 108 Å². The maximum atomic E-state index is 12.5. The number of aromatic amines is 1. The number of amides is 2. The van der Waals surface area contributed by atoms with Gasteiger partial charge in [0.25, 0.3) is 17.5 Å². The van der Waals surface area contributed by atoms with Crippen molar-refractivity contribution in [1.82, 2.24) is 15.4 Å². The zero-order valence-electron chi connectivity index (χ0n) is 13.9. The van der Waals surface area contributed by atoms with E-state index in [1.165, 1.54) is 41.0 Å². The van der Waals surface area contributed by atoms with Crippen LogP contribution in [0.4, 0.5) is 5.69 Å². The number of aromatic nitrogens is 1. The normalized spacial score (nSPS) is 16.7. The van der Waals surface area contributed by atoms with Gasteiger partial charge >= 0.3 is 0 Å². The molecule has 0 bridgehead atoms. The number of fused-ring (bicyclic) bond motifs is 1. The van der Waals surface area contributed by atoms with Crippen LogP contribution in [0, 0.1) is 10.1 Å². The van der Waals surface area contributed by atoms with Crippen molar-refractivity contribution in [2.75, 3.05) is 5.75 Å². The smallest absolute Gasteiger partial charge is 0.269 e. The molecule has 2 heterocycles. The average molecular weight is 382 g/mol. The maximum absolute atomic E-state index is 12.5. The Balaban J connectivity index is 1.58. The highest BCUT2D eigenvalue weighted by molar-refractivity contribution is 8.00. The average Bonchev–Trinajstić information content (AvgIpc) is 3.25. The number of carbonyl (C=O) groups excluding carboxylic acids is 2. The van der Waals surface area contributed by atoms with E-state index < -0.39 is 10.8 Å². The summed E-state index contributed by atoms with van der Waals surface area (Å²) in [6.07, 6.45) is 1.84. The Morgan fingerprint density at radius 2 is 1.96 bits per heavy atom. The molecule has 0 unspecified atom stereocenters. The van der Waals surface area contributed by atoms with Crippen LogP contribution in [0.3, 0.4) is 0 Å². The number of nitro benzene ring substituents is 1. The molecule has 1 saturated heterocycles. The molecule has 0 saturated carbocycles. The summed E-state index contributed by atoms with van der Waals surface area (Å²) >= 11 is 1.43. The second-order valence-corrected chi connectivity index (χ2v) is 7.03. The van der Waals surface area contributed by atoms with Crippen molar-refractivity contribution in [3.05, 3.63) is 76.0 Å². The molecule has 1 aliphatic rings. The highest BCUT2D eigenvalue weighted by Gasteiger charge is 2.35. The predicted molar refractivity (Wildman–Crippen MR) is 101 cm³/mol. The van der Waals surface area contributed by atoms with Crippen LogP contribution < -0.4 is 5.43 Å². The summed E-state index contributed by atoms with van der Waals surface area (Å²) in [6.45, 7) is 0. The minimum Gasteiger partial charge on any atom is -0.361 e. The van der Waals surface area contributed by atoms with Crippen LogP contribution in [0.15, 0.2) is 54.7 Å². The summed E-state index contributed by atoms with van der Waals surface area (Å²) in [4.78, 5) is 38.2. The quantitative estimate of drug-likeness (QED) is 0.533. The Morgan fingerprint density at radius 3 is 2.70 bits per heavy atom. The second kappa shape index (κ2) is 6.76. The number of para-hydroxylation sites is 1. The minimum atomic E-state index is -0.532. The van der Waals surface area contributed by atoms with Gasteiger partial charge in [0, 0.05) is 40.4 Å². The van der Waals surface area contributed by atoms with Crippen LogP contribution in [0.25, 0.3) is 10.9 Å². The van der Waals surface area contributed by atoms with Gasteiger partial charge in [0.1, 0.15) is 5.37 Å². The third kappa shape index (κ3) is 3.13. The molecule has 8 nitrogen and oxygen atoms in total. The van der Waals surface area contributed by atoms with Gasteiger partial charge in [0.15, 0.2) is 0 Å². The molecule has 4 rings (SSSR count). The Morgan fingerprint density at radius 1 is 1.22 bits per heavy atom. The number of carbonyl (C=O) groups is 2. The van der Waals surface area contributed by atoms with E-state index in [4.69, 9.17) is 0 Å². The van der Waals surface area contributed by atoms with E-state index in [2.05, 4.69) is 10.4 Å². The number of nitrogens with zero attached hydrogens (tertiary/aromatic N) is 2. The first-order valence-corrected chi connectivity index (χ1v) is 9.14. The molecule has 1 fully saturated rings. The summed E-state index contributed by atoms with van der Waals surface area (Å²) < 4.78 is 0. The van der Waals surface area contributed by atoms with E-state index in [0.29, 0.717) is 0 Å². The number of hydrazine groups is 1. The zero-order chi connectivity index (χ0) is 19.0. The molecular formula is C18H14N4O4S. The van der Waals surface area contributed by atoms with Gasteiger partial charge in [-0.1, -0.05) is 18.2 Å². The van der Waals surface area contributed by atoms with Gasteiger partial charge in [0.2, 0.25) is 0 Å². The standard InChI is InChI=1S/C18H14N4O4S/c23-16-10-27-18(14-9-19-15-4-2-1-3-13(14)15)21(16)20-17(24)11-5-7-12(8-6-11)22(25)26/h1-9,18-19H,10H2,(H,20,24)/t18-/m1/s1. The first-order valence-electron chi connectivity index (χ1n) is 8.10. The van der Waals surface area contributed by atoms with Crippen LogP contribution in [0.2, 0.25) is 0 Å². The second-order valence-electron chi connectivity index (χ2n) is 5.96. The van der Waals surface area contributed by atoms with Crippen molar-refractivity contribution in [3.63, 3.8) is 0 Å². The predicted octanol–water partition coefficient (Wildman–Crippen LogP) is 3.00. The molecule has 0 spiro atoms. The molecule has 2 aromatic carbocycles.